The Balaban J connectivity index is 2.27. The van der Waals surface area contributed by atoms with Crippen molar-refractivity contribution < 1.29 is 38.6 Å². The largest absolute Gasteiger partial charge is 0.481 e. The number of H-pyrrole nitrogens is 1. The Labute approximate surface area is 230 Å². The average molecular weight is 558 g/mol. The number of benzene rings is 1. The number of carboxylic acids is 1. The molecule has 13 heteroatoms. The number of amides is 3. The number of carbonyl (C=O) groups is 6. The van der Waals surface area contributed by atoms with Crippen molar-refractivity contribution in [3.63, 3.8) is 0 Å². The van der Waals surface area contributed by atoms with Gasteiger partial charge in [-0.15, -0.1) is 0 Å². The van der Waals surface area contributed by atoms with Crippen molar-refractivity contribution in [1.29, 1.82) is 5.41 Å². The van der Waals surface area contributed by atoms with Gasteiger partial charge in [0.2, 0.25) is 17.7 Å². The molecule has 216 valence electrons. The van der Waals surface area contributed by atoms with Gasteiger partial charge in [0.15, 0.2) is 5.78 Å². The van der Waals surface area contributed by atoms with Crippen LogP contribution in [0.3, 0.4) is 0 Å². The molecule has 1 aromatic heterocycles. The quantitative estimate of drug-likeness (QED) is 0.129. The molecule has 0 aliphatic rings. The summed E-state index contributed by atoms with van der Waals surface area (Å²) in [5.74, 6) is -4.67. The van der Waals surface area contributed by atoms with E-state index in [2.05, 4.69) is 20.9 Å². The molecule has 0 bridgehead atoms. The summed E-state index contributed by atoms with van der Waals surface area (Å²) in [5.41, 5.74) is 1.58. The Bertz CT molecular complexity index is 1250. The molecular weight excluding hydrogens is 522 g/mol. The summed E-state index contributed by atoms with van der Waals surface area (Å²) in [6.07, 6.45) is 0.697. The van der Waals surface area contributed by atoms with E-state index < -0.39 is 66.1 Å². The van der Waals surface area contributed by atoms with E-state index in [4.69, 9.17) is 15.3 Å². The molecule has 40 heavy (non-hydrogen) atoms. The summed E-state index contributed by atoms with van der Waals surface area (Å²) in [7, 11) is 0. The first-order chi connectivity index (χ1) is 18.9. The second kappa shape index (κ2) is 15.1. The number of ether oxygens (including phenoxy) is 1. The molecule has 0 saturated carbocycles. The monoisotopic (exact) mass is 557 g/mol. The zero-order valence-corrected chi connectivity index (χ0v) is 22.6. The number of ketones is 1. The summed E-state index contributed by atoms with van der Waals surface area (Å²) in [6, 6.07) is 3.66. The van der Waals surface area contributed by atoms with Gasteiger partial charge in [-0.3, -0.25) is 24.0 Å². The van der Waals surface area contributed by atoms with Gasteiger partial charge in [-0.05, 0) is 38.3 Å². The first kappa shape index (κ1) is 31.7. The highest BCUT2D eigenvalue weighted by Gasteiger charge is 2.31. The molecule has 0 aliphatic carbocycles. The van der Waals surface area contributed by atoms with E-state index in [1.165, 1.54) is 6.92 Å². The predicted octanol–water partition coefficient (Wildman–Crippen LogP) is 1.000. The van der Waals surface area contributed by atoms with Crippen LogP contribution in [0.15, 0.2) is 30.5 Å². The fourth-order valence-corrected chi connectivity index (χ4v) is 3.98. The van der Waals surface area contributed by atoms with Crippen molar-refractivity contribution in [2.45, 2.75) is 77.1 Å². The zero-order valence-electron chi connectivity index (χ0n) is 22.6. The molecule has 0 radical (unpaired) electrons. The number of carbonyl (C=O) groups excluding carboxylic acids is 5. The number of aliphatic carboxylic acids is 1. The second-order valence-electron chi connectivity index (χ2n) is 9.51. The number of carboxylic acid groups (broad SMARTS) is 1. The van der Waals surface area contributed by atoms with E-state index in [1.54, 1.807) is 20.0 Å². The topological polar surface area (TPSA) is 208 Å². The van der Waals surface area contributed by atoms with Crippen molar-refractivity contribution in [1.82, 2.24) is 20.9 Å². The minimum absolute atomic E-state index is 0.0884. The van der Waals surface area contributed by atoms with Crippen LogP contribution in [0.1, 0.15) is 52.0 Å². The maximum atomic E-state index is 13.3. The van der Waals surface area contributed by atoms with Gasteiger partial charge in [-0.1, -0.05) is 18.2 Å². The van der Waals surface area contributed by atoms with Gasteiger partial charge < -0.3 is 36.2 Å². The number of Topliss-reactive ketones (excluding diaryl/α,β-unsaturated/α-hetero) is 1. The van der Waals surface area contributed by atoms with Gasteiger partial charge in [-0.2, -0.15) is 0 Å². The van der Waals surface area contributed by atoms with Gasteiger partial charge in [0, 0.05) is 43.3 Å². The third-order valence-electron chi connectivity index (χ3n) is 5.87. The molecule has 0 saturated heterocycles. The van der Waals surface area contributed by atoms with Crippen molar-refractivity contribution >= 4 is 52.6 Å². The van der Waals surface area contributed by atoms with Crippen molar-refractivity contribution in [3.8, 4) is 0 Å². The summed E-state index contributed by atoms with van der Waals surface area (Å²) >= 11 is 0. The molecule has 13 nitrogen and oxygen atoms in total. The van der Waals surface area contributed by atoms with E-state index in [1.807, 2.05) is 24.3 Å². The lowest BCUT2D eigenvalue weighted by Gasteiger charge is -2.25. The summed E-state index contributed by atoms with van der Waals surface area (Å²) in [4.78, 5) is 76.9. The van der Waals surface area contributed by atoms with Crippen molar-refractivity contribution in [3.05, 3.63) is 36.0 Å². The third kappa shape index (κ3) is 9.97. The Morgan fingerprint density at radius 3 is 2.20 bits per heavy atom. The lowest BCUT2D eigenvalue weighted by atomic mass is 10.0. The SMILES string of the molecule is CC(=O)N[C@@H](Cc1c[nH]c2ccccc12)C(=O)N[C@@H](CCC(=O)C=N)C(=O)N[C@@H](CCC(=O)O)C(=O)OC(C)C. The number of fused-ring (bicyclic) bond motifs is 1. The summed E-state index contributed by atoms with van der Waals surface area (Å²) in [6.45, 7) is 4.43. The minimum Gasteiger partial charge on any atom is -0.481 e. The van der Waals surface area contributed by atoms with Gasteiger partial charge in [0.1, 0.15) is 18.1 Å². The van der Waals surface area contributed by atoms with Crippen LogP contribution in [-0.4, -0.2) is 76.0 Å². The van der Waals surface area contributed by atoms with Crippen LogP contribution >= 0.6 is 0 Å². The molecule has 0 aliphatic heterocycles. The third-order valence-corrected chi connectivity index (χ3v) is 5.87. The van der Waals surface area contributed by atoms with Crippen LogP contribution in [0.25, 0.3) is 10.9 Å². The molecule has 3 atom stereocenters. The molecule has 2 rings (SSSR count). The smallest absolute Gasteiger partial charge is 0.328 e. The van der Waals surface area contributed by atoms with Gasteiger partial charge >= 0.3 is 11.9 Å². The first-order valence-corrected chi connectivity index (χ1v) is 12.8. The van der Waals surface area contributed by atoms with Crippen LogP contribution in [0.4, 0.5) is 0 Å². The molecule has 0 unspecified atom stereocenters. The lowest BCUT2D eigenvalue weighted by molar-refractivity contribution is -0.152. The van der Waals surface area contributed by atoms with E-state index in [0.29, 0.717) is 6.21 Å². The molecule has 3 amide bonds. The van der Waals surface area contributed by atoms with Crippen LogP contribution < -0.4 is 16.0 Å². The predicted molar refractivity (Wildman–Crippen MR) is 145 cm³/mol. The van der Waals surface area contributed by atoms with Crippen molar-refractivity contribution in [2.24, 2.45) is 0 Å². The number of aromatic amines is 1. The number of rotatable bonds is 16. The lowest BCUT2D eigenvalue weighted by Crippen LogP contribution is -2.56. The number of esters is 1. The standard InChI is InChI=1S/C27H35N5O8/c1-15(2)40-27(39)22(10-11-24(35)36)32-25(37)21(9-8-18(34)13-28)31-26(38)23(30-16(3)33)12-17-14-29-20-7-5-4-6-19(17)20/h4-7,13-15,21-23,28-29H,8-12H2,1-3H3,(H,30,33)(H,31,38)(H,32,37)(H,35,36)/t21-,22-,23-/m0/s1. The van der Waals surface area contributed by atoms with E-state index in [0.717, 1.165) is 16.5 Å². The zero-order chi connectivity index (χ0) is 29.8. The van der Waals surface area contributed by atoms with E-state index in [9.17, 15) is 28.8 Å². The maximum absolute atomic E-state index is 13.3. The number of aromatic nitrogens is 1. The second-order valence-corrected chi connectivity index (χ2v) is 9.51. The summed E-state index contributed by atoms with van der Waals surface area (Å²) < 4.78 is 5.13. The highest BCUT2D eigenvalue weighted by atomic mass is 16.5. The molecule has 0 fully saturated rings. The number of hydrogen-bond donors (Lipinski definition) is 6. The minimum atomic E-state index is -1.34. The van der Waals surface area contributed by atoms with Crippen LogP contribution in [0.5, 0.6) is 0 Å². The fourth-order valence-electron chi connectivity index (χ4n) is 3.98. The molecule has 0 spiro atoms. The van der Waals surface area contributed by atoms with Crippen LogP contribution in [0.2, 0.25) is 0 Å². The highest BCUT2D eigenvalue weighted by Crippen LogP contribution is 2.19. The average Bonchev–Trinajstić information content (AvgIpc) is 3.29. The van der Waals surface area contributed by atoms with Crippen LogP contribution in [-0.2, 0) is 39.9 Å². The maximum Gasteiger partial charge on any atom is 0.328 e. The highest BCUT2D eigenvalue weighted by molar-refractivity contribution is 6.26. The Morgan fingerprint density at radius 2 is 1.57 bits per heavy atom. The van der Waals surface area contributed by atoms with E-state index >= 15 is 0 Å². The molecule has 1 aromatic carbocycles. The normalized spacial score (nSPS) is 13.1. The summed E-state index contributed by atoms with van der Waals surface area (Å²) in [5, 5.41) is 24.6. The molecule has 2 aromatic rings. The fraction of sp³-hybridized carbons (Fsp3) is 0.444. The van der Waals surface area contributed by atoms with Gasteiger partial charge in [-0.25, -0.2) is 4.79 Å². The molecule has 6 N–H and O–H groups in total. The Morgan fingerprint density at radius 1 is 0.950 bits per heavy atom. The Kier molecular flexibility index (Phi) is 12.0. The number of para-hydroxylation sites is 1. The molecular formula is C27H35N5O8. The van der Waals surface area contributed by atoms with E-state index in [-0.39, 0.29) is 25.7 Å². The Hall–Kier alpha value is -4.55. The molecule has 1 heterocycles. The first-order valence-electron chi connectivity index (χ1n) is 12.8. The van der Waals surface area contributed by atoms with Crippen LogP contribution in [0, 0.1) is 5.41 Å². The van der Waals surface area contributed by atoms with Crippen molar-refractivity contribution in [2.75, 3.05) is 0 Å². The number of nitrogens with one attached hydrogen (secondary N) is 5. The number of hydrogen-bond acceptors (Lipinski definition) is 8. The van der Waals surface area contributed by atoms with Gasteiger partial charge in [0.25, 0.3) is 0 Å². The van der Waals surface area contributed by atoms with Gasteiger partial charge in [0.05, 0.1) is 12.3 Å².